The lowest BCUT2D eigenvalue weighted by Crippen LogP contribution is -2.47. The fourth-order valence-corrected chi connectivity index (χ4v) is 3.25. The minimum absolute atomic E-state index is 0.164. The molecular weight excluding hydrogens is 339 g/mol. The van der Waals surface area contributed by atoms with Crippen LogP contribution >= 0.6 is 0 Å². The van der Waals surface area contributed by atoms with Gasteiger partial charge in [0.2, 0.25) is 0 Å². The molecule has 3 heterocycles. The topological polar surface area (TPSA) is 76.6 Å². The van der Waals surface area contributed by atoms with Gasteiger partial charge in [-0.2, -0.15) is 0 Å². The molecule has 0 radical (unpaired) electrons. The molecule has 0 unspecified atom stereocenters. The zero-order chi connectivity index (χ0) is 18.0. The first kappa shape index (κ1) is 16.9. The Morgan fingerprint density at radius 3 is 2.65 bits per heavy atom. The highest BCUT2D eigenvalue weighted by atomic mass is 19.1. The molecule has 0 aliphatic carbocycles. The molecule has 2 aliphatic heterocycles. The summed E-state index contributed by atoms with van der Waals surface area (Å²) in [6.07, 6.45) is 2.62. The van der Waals surface area contributed by atoms with E-state index in [1.54, 1.807) is 23.1 Å². The second-order valence-electron chi connectivity index (χ2n) is 6.32. The summed E-state index contributed by atoms with van der Waals surface area (Å²) in [5.74, 6) is -0.599. The Labute approximate surface area is 150 Å². The smallest absolute Gasteiger partial charge is 0.272 e. The third-order valence-electron chi connectivity index (χ3n) is 4.61. The van der Waals surface area contributed by atoms with Gasteiger partial charge in [-0.25, -0.2) is 14.4 Å². The minimum Gasteiger partial charge on any atom is -0.347 e. The standard InChI is InChI=1S/C18H19FN4O3/c19-13-2-1-3-14(10-13)22-16-11-15(20-12-21-16)17(24)23-6-4-18(5-7-23)25-8-9-26-18/h1-3,10-12H,4-9H2,(H,20,21,22). The van der Waals surface area contributed by atoms with E-state index in [1.165, 1.54) is 18.5 Å². The average Bonchev–Trinajstić information content (AvgIpc) is 3.10. The number of anilines is 2. The van der Waals surface area contributed by atoms with E-state index in [-0.39, 0.29) is 11.7 Å². The third kappa shape index (κ3) is 3.51. The summed E-state index contributed by atoms with van der Waals surface area (Å²) in [6.45, 7) is 2.31. The largest absolute Gasteiger partial charge is 0.347 e. The lowest BCUT2D eigenvalue weighted by molar-refractivity contribution is -0.181. The number of rotatable bonds is 3. The molecule has 1 aromatic heterocycles. The van der Waals surface area contributed by atoms with Crippen LogP contribution in [0.25, 0.3) is 0 Å². The van der Waals surface area contributed by atoms with E-state index in [2.05, 4.69) is 15.3 Å². The van der Waals surface area contributed by atoms with Crippen molar-refractivity contribution in [2.75, 3.05) is 31.6 Å². The molecule has 2 aliphatic rings. The van der Waals surface area contributed by atoms with Gasteiger partial charge in [-0.1, -0.05) is 6.07 Å². The second kappa shape index (κ2) is 6.97. The molecule has 0 saturated carbocycles. The normalized spacial score (nSPS) is 18.9. The third-order valence-corrected chi connectivity index (χ3v) is 4.61. The van der Waals surface area contributed by atoms with Gasteiger partial charge < -0.3 is 19.7 Å². The van der Waals surface area contributed by atoms with Crippen LogP contribution in [0.5, 0.6) is 0 Å². The quantitative estimate of drug-likeness (QED) is 0.908. The molecule has 2 saturated heterocycles. The van der Waals surface area contributed by atoms with Gasteiger partial charge >= 0.3 is 0 Å². The number of aromatic nitrogens is 2. The Hall–Kier alpha value is -2.58. The van der Waals surface area contributed by atoms with E-state index in [4.69, 9.17) is 9.47 Å². The molecule has 4 rings (SSSR count). The Kier molecular flexibility index (Phi) is 4.52. The number of hydrogen-bond donors (Lipinski definition) is 1. The zero-order valence-corrected chi connectivity index (χ0v) is 14.2. The van der Waals surface area contributed by atoms with Gasteiger partial charge in [0.1, 0.15) is 23.7 Å². The van der Waals surface area contributed by atoms with Crippen LogP contribution in [0.1, 0.15) is 23.3 Å². The zero-order valence-electron chi connectivity index (χ0n) is 14.2. The van der Waals surface area contributed by atoms with Gasteiger partial charge in [0.15, 0.2) is 5.79 Å². The van der Waals surface area contributed by atoms with Crippen LogP contribution in [-0.4, -0.2) is 52.9 Å². The van der Waals surface area contributed by atoms with Crippen LogP contribution in [-0.2, 0) is 9.47 Å². The van der Waals surface area contributed by atoms with Crippen molar-refractivity contribution in [1.82, 2.24) is 14.9 Å². The van der Waals surface area contributed by atoms with Crippen LogP contribution < -0.4 is 5.32 Å². The van der Waals surface area contributed by atoms with E-state index in [1.807, 2.05) is 0 Å². The summed E-state index contributed by atoms with van der Waals surface area (Å²) in [7, 11) is 0. The molecule has 26 heavy (non-hydrogen) atoms. The molecule has 1 amide bonds. The van der Waals surface area contributed by atoms with Crippen molar-refractivity contribution in [2.45, 2.75) is 18.6 Å². The number of nitrogens with zero attached hydrogens (tertiary/aromatic N) is 3. The molecule has 136 valence electrons. The lowest BCUT2D eigenvalue weighted by atomic mass is 10.0. The monoisotopic (exact) mass is 358 g/mol. The number of ether oxygens (including phenoxy) is 2. The predicted molar refractivity (Wildman–Crippen MR) is 91.5 cm³/mol. The Morgan fingerprint density at radius 2 is 1.92 bits per heavy atom. The summed E-state index contributed by atoms with van der Waals surface area (Å²) >= 11 is 0. The summed E-state index contributed by atoms with van der Waals surface area (Å²) in [5.41, 5.74) is 0.848. The minimum atomic E-state index is -0.521. The summed E-state index contributed by atoms with van der Waals surface area (Å²) in [4.78, 5) is 22.6. The van der Waals surface area contributed by atoms with Gasteiger partial charge in [0.25, 0.3) is 5.91 Å². The molecule has 1 spiro atoms. The van der Waals surface area contributed by atoms with Crippen molar-refractivity contribution >= 4 is 17.4 Å². The number of amides is 1. The Balaban J connectivity index is 1.43. The molecule has 1 N–H and O–H groups in total. The first-order valence-electron chi connectivity index (χ1n) is 8.55. The molecule has 0 atom stereocenters. The summed E-state index contributed by atoms with van der Waals surface area (Å²) in [6, 6.07) is 7.61. The van der Waals surface area contributed by atoms with Gasteiger partial charge in [0.05, 0.1) is 13.2 Å². The molecule has 8 heteroatoms. The molecule has 2 aromatic rings. The lowest BCUT2D eigenvalue weighted by Gasteiger charge is -2.37. The summed E-state index contributed by atoms with van der Waals surface area (Å²) in [5, 5.41) is 2.98. The average molecular weight is 358 g/mol. The number of nitrogens with one attached hydrogen (secondary N) is 1. The molecular formula is C18H19FN4O3. The highest BCUT2D eigenvalue weighted by Gasteiger charge is 2.41. The number of halogens is 1. The Morgan fingerprint density at radius 1 is 1.15 bits per heavy atom. The maximum Gasteiger partial charge on any atom is 0.272 e. The highest BCUT2D eigenvalue weighted by molar-refractivity contribution is 5.93. The van der Waals surface area contributed by atoms with Gasteiger partial charge in [-0.05, 0) is 18.2 Å². The van der Waals surface area contributed by atoms with Crippen molar-refractivity contribution in [3.8, 4) is 0 Å². The van der Waals surface area contributed by atoms with Crippen LogP contribution in [0.3, 0.4) is 0 Å². The number of hydrogen-bond acceptors (Lipinski definition) is 6. The number of benzene rings is 1. The Bertz CT molecular complexity index is 801. The fraction of sp³-hybridized carbons (Fsp3) is 0.389. The van der Waals surface area contributed by atoms with Crippen molar-refractivity contribution in [3.63, 3.8) is 0 Å². The van der Waals surface area contributed by atoms with Crippen LogP contribution in [0.2, 0.25) is 0 Å². The van der Waals surface area contributed by atoms with Crippen molar-refractivity contribution < 1.29 is 18.7 Å². The van der Waals surface area contributed by atoms with E-state index < -0.39 is 5.79 Å². The number of carbonyl (C=O) groups excluding carboxylic acids is 1. The fourth-order valence-electron chi connectivity index (χ4n) is 3.25. The second-order valence-corrected chi connectivity index (χ2v) is 6.32. The molecule has 1 aromatic carbocycles. The van der Waals surface area contributed by atoms with Gasteiger partial charge in [-0.3, -0.25) is 4.79 Å². The predicted octanol–water partition coefficient (Wildman–Crippen LogP) is 2.34. The van der Waals surface area contributed by atoms with Crippen molar-refractivity contribution in [1.29, 1.82) is 0 Å². The number of likely N-dealkylation sites (tertiary alicyclic amines) is 1. The van der Waals surface area contributed by atoms with E-state index in [0.717, 1.165) is 0 Å². The van der Waals surface area contributed by atoms with Gasteiger partial charge in [0, 0.05) is 37.7 Å². The van der Waals surface area contributed by atoms with Crippen molar-refractivity contribution in [3.05, 3.63) is 48.2 Å². The summed E-state index contributed by atoms with van der Waals surface area (Å²) < 4.78 is 24.7. The number of carbonyl (C=O) groups is 1. The first-order chi connectivity index (χ1) is 12.6. The van der Waals surface area contributed by atoms with Crippen LogP contribution in [0, 0.1) is 5.82 Å². The molecule has 7 nitrogen and oxygen atoms in total. The molecule has 0 bridgehead atoms. The van der Waals surface area contributed by atoms with Crippen molar-refractivity contribution in [2.24, 2.45) is 0 Å². The van der Waals surface area contributed by atoms with E-state index >= 15 is 0 Å². The highest BCUT2D eigenvalue weighted by Crippen LogP contribution is 2.31. The maximum absolute atomic E-state index is 13.3. The first-order valence-corrected chi connectivity index (χ1v) is 8.55. The number of piperidine rings is 1. The van der Waals surface area contributed by atoms with E-state index in [0.29, 0.717) is 56.3 Å². The maximum atomic E-state index is 13.3. The molecule has 2 fully saturated rings. The SMILES string of the molecule is O=C(c1cc(Nc2cccc(F)c2)ncn1)N1CCC2(CC1)OCCO2. The van der Waals surface area contributed by atoms with Gasteiger partial charge in [-0.15, -0.1) is 0 Å². The van der Waals surface area contributed by atoms with Crippen LogP contribution in [0.15, 0.2) is 36.7 Å². The van der Waals surface area contributed by atoms with E-state index in [9.17, 15) is 9.18 Å². The van der Waals surface area contributed by atoms with Crippen LogP contribution in [0.4, 0.5) is 15.9 Å².